The second-order valence-electron chi connectivity index (χ2n) is 4.32. The average Bonchev–Trinajstić information content (AvgIpc) is 2.76. The molecule has 0 aliphatic carbocycles. The van der Waals surface area contributed by atoms with Crippen molar-refractivity contribution >= 4 is 27.3 Å². The molecule has 18 heavy (non-hydrogen) atoms. The molecule has 2 aromatic heterocycles. The fourth-order valence-electron chi connectivity index (χ4n) is 1.89. The Bertz CT molecular complexity index is 510. The SMILES string of the molecule is CCCNC(c1cncc(C)c1)c1ccc(Br)s1. The van der Waals surface area contributed by atoms with Crippen LogP contribution in [0.4, 0.5) is 0 Å². The molecule has 2 nitrogen and oxygen atoms in total. The van der Waals surface area contributed by atoms with Crippen molar-refractivity contribution < 1.29 is 0 Å². The molecule has 1 unspecified atom stereocenters. The Labute approximate surface area is 121 Å². The van der Waals surface area contributed by atoms with Crippen LogP contribution < -0.4 is 5.32 Å². The number of hydrogen-bond donors (Lipinski definition) is 1. The van der Waals surface area contributed by atoms with Crippen LogP contribution in [0.3, 0.4) is 0 Å². The highest BCUT2D eigenvalue weighted by Crippen LogP contribution is 2.31. The lowest BCUT2D eigenvalue weighted by Crippen LogP contribution is -2.22. The number of nitrogens with one attached hydrogen (secondary N) is 1. The Morgan fingerprint density at radius 1 is 1.39 bits per heavy atom. The van der Waals surface area contributed by atoms with E-state index < -0.39 is 0 Å². The van der Waals surface area contributed by atoms with Gasteiger partial charge >= 0.3 is 0 Å². The Morgan fingerprint density at radius 3 is 2.83 bits per heavy atom. The summed E-state index contributed by atoms with van der Waals surface area (Å²) in [5.41, 5.74) is 2.43. The highest BCUT2D eigenvalue weighted by molar-refractivity contribution is 9.11. The number of rotatable bonds is 5. The molecule has 0 bridgehead atoms. The Hall–Kier alpha value is -0.710. The summed E-state index contributed by atoms with van der Waals surface area (Å²) in [5, 5.41) is 3.59. The van der Waals surface area contributed by atoms with Crippen molar-refractivity contribution in [2.75, 3.05) is 6.54 Å². The fourth-order valence-corrected chi connectivity index (χ4v) is 3.42. The highest BCUT2D eigenvalue weighted by Gasteiger charge is 2.15. The molecule has 0 aromatic carbocycles. The predicted molar refractivity (Wildman–Crippen MR) is 81.1 cm³/mol. The minimum atomic E-state index is 0.244. The zero-order chi connectivity index (χ0) is 13.0. The average molecular weight is 325 g/mol. The van der Waals surface area contributed by atoms with E-state index in [2.05, 4.69) is 58.3 Å². The molecule has 96 valence electrons. The van der Waals surface area contributed by atoms with Crippen LogP contribution in [0, 0.1) is 6.92 Å². The molecule has 2 heterocycles. The van der Waals surface area contributed by atoms with Crippen LogP contribution >= 0.6 is 27.3 Å². The minimum Gasteiger partial charge on any atom is -0.306 e. The maximum atomic E-state index is 4.30. The van der Waals surface area contributed by atoms with E-state index in [-0.39, 0.29) is 6.04 Å². The van der Waals surface area contributed by atoms with Crippen molar-refractivity contribution in [1.29, 1.82) is 0 Å². The summed E-state index contributed by atoms with van der Waals surface area (Å²) >= 11 is 5.30. The molecule has 1 N–H and O–H groups in total. The van der Waals surface area contributed by atoms with Gasteiger partial charge in [-0.15, -0.1) is 11.3 Å². The number of nitrogens with zero attached hydrogens (tertiary/aromatic N) is 1. The summed E-state index contributed by atoms with van der Waals surface area (Å²) in [7, 11) is 0. The first kappa shape index (κ1) is 13.7. The van der Waals surface area contributed by atoms with Crippen LogP contribution in [0.5, 0.6) is 0 Å². The number of thiophene rings is 1. The van der Waals surface area contributed by atoms with E-state index in [0.29, 0.717) is 0 Å². The summed E-state index contributed by atoms with van der Waals surface area (Å²) < 4.78 is 1.17. The number of halogens is 1. The quantitative estimate of drug-likeness (QED) is 0.886. The van der Waals surface area contributed by atoms with E-state index in [9.17, 15) is 0 Å². The third-order valence-corrected chi connectivity index (χ3v) is 4.39. The number of aromatic nitrogens is 1. The van der Waals surface area contributed by atoms with Crippen LogP contribution in [0.25, 0.3) is 0 Å². The van der Waals surface area contributed by atoms with Crippen molar-refractivity contribution in [3.8, 4) is 0 Å². The molecule has 0 spiro atoms. The van der Waals surface area contributed by atoms with E-state index in [1.54, 1.807) is 11.3 Å². The van der Waals surface area contributed by atoms with E-state index in [1.165, 1.54) is 19.8 Å². The summed E-state index contributed by atoms with van der Waals surface area (Å²) in [5.74, 6) is 0. The zero-order valence-electron chi connectivity index (χ0n) is 10.6. The van der Waals surface area contributed by atoms with E-state index in [1.807, 2.05) is 12.4 Å². The van der Waals surface area contributed by atoms with Gasteiger partial charge in [-0.25, -0.2) is 0 Å². The molecule has 1 atom stereocenters. The highest BCUT2D eigenvalue weighted by atomic mass is 79.9. The summed E-state index contributed by atoms with van der Waals surface area (Å²) in [6.07, 6.45) is 4.97. The molecule has 0 saturated heterocycles. The van der Waals surface area contributed by atoms with Crippen LogP contribution in [-0.4, -0.2) is 11.5 Å². The van der Waals surface area contributed by atoms with Gasteiger partial charge in [0.15, 0.2) is 0 Å². The third-order valence-electron chi connectivity index (χ3n) is 2.71. The third kappa shape index (κ3) is 3.40. The normalized spacial score (nSPS) is 12.6. The van der Waals surface area contributed by atoms with Gasteiger partial charge in [0.2, 0.25) is 0 Å². The van der Waals surface area contributed by atoms with Crippen molar-refractivity contribution in [1.82, 2.24) is 10.3 Å². The van der Waals surface area contributed by atoms with Crippen LogP contribution in [-0.2, 0) is 0 Å². The van der Waals surface area contributed by atoms with E-state index >= 15 is 0 Å². The van der Waals surface area contributed by atoms with Gasteiger partial charge in [0, 0.05) is 17.3 Å². The number of aryl methyl sites for hydroxylation is 1. The van der Waals surface area contributed by atoms with Crippen molar-refractivity contribution in [3.63, 3.8) is 0 Å². The number of pyridine rings is 1. The van der Waals surface area contributed by atoms with Gasteiger partial charge in [-0.2, -0.15) is 0 Å². The molecule has 0 aliphatic rings. The summed E-state index contributed by atoms with van der Waals surface area (Å²) in [4.78, 5) is 5.62. The standard InChI is InChI=1S/C14H17BrN2S/c1-3-6-17-14(12-4-5-13(15)18-12)11-7-10(2)8-16-9-11/h4-5,7-9,14,17H,3,6H2,1-2H3. The predicted octanol–water partition coefficient (Wildman–Crippen LogP) is 4.30. The smallest absolute Gasteiger partial charge is 0.0702 e. The van der Waals surface area contributed by atoms with Crippen LogP contribution in [0.15, 0.2) is 34.4 Å². The monoisotopic (exact) mass is 324 g/mol. The summed E-state index contributed by atoms with van der Waals surface area (Å²) in [6.45, 7) is 5.27. The molecule has 0 fully saturated rings. The topological polar surface area (TPSA) is 24.9 Å². The second kappa shape index (κ2) is 6.45. The van der Waals surface area contributed by atoms with Crippen LogP contribution in [0.1, 0.15) is 35.4 Å². The lowest BCUT2D eigenvalue weighted by atomic mass is 10.1. The van der Waals surface area contributed by atoms with E-state index in [4.69, 9.17) is 0 Å². The first-order valence-corrected chi connectivity index (χ1v) is 7.72. The summed E-state index contributed by atoms with van der Waals surface area (Å²) in [6, 6.07) is 6.72. The lowest BCUT2D eigenvalue weighted by Gasteiger charge is -2.17. The van der Waals surface area contributed by atoms with Crippen molar-refractivity contribution in [2.24, 2.45) is 0 Å². The van der Waals surface area contributed by atoms with Gasteiger partial charge in [-0.05, 0) is 59.1 Å². The molecule has 0 radical (unpaired) electrons. The molecule has 0 amide bonds. The van der Waals surface area contributed by atoms with Crippen molar-refractivity contribution in [2.45, 2.75) is 26.3 Å². The van der Waals surface area contributed by atoms with Gasteiger partial charge in [-0.1, -0.05) is 13.0 Å². The zero-order valence-corrected chi connectivity index (χ0v) is 13.0. The lowest BCUT2D eigenvalue weighted by molar-refractivity contribution is 0.604. The first-order valence-electron chi connectivity index (χ1n) is 6.11. The molecule has 4 heteroatoms. The molecule has 2 rings (SSSR count). The largest absolute Gasteiger partial charge is 0.306 e. The molecular weight excluding hydrogens is 308 g/mol. The Balaban J connectivity index is 2.30. The first-order chi connectivity index (χ1) is 8.70. The second-order valence-corrected chi connectivity index (χ2v) is 6.82. The maximum absolute atomic E-state index is 4.30. The van der Waals surface area contributed by atoms with Crippen molar-refractivity contribution in [3.05, 3.63) is 50.4 Å². The fraction of sp³-hybridized carbons (Fsp3) is 0.357. The van der Waals surface area contributed by atoms with Gasteiger partial charge < -0.3 is 5.32 Å². The number of hydrogen-bond acceptors (Lipinski definition) is 3. The van der Waals surface area contributed by atoms with Gasteiger partial charge in [0.25, 0.3) is 0 Å². The van der Waals surface area contributed by atoms with Gasteiger partial charge in [0.1, 0.15) is 0 Å². The molecule has 0 aliphatic heterocycles. The molecular formula is C14H17BrN2S. The molecule has 2 aromatic rings. The van der Waals surface area contributed by atoms with Gasteiger partial charge in [-0.3, -0.25) is 4.98 Å². The minimum absolute atomic E-state index is 0.244. The molecule has 0 saturated carbocycles. The van der Waals surface area contributed by atoms with E-state index in [0.717, 1.165) is 13.0 Å². The Kier molecular flexibility index (Phi) is 4.92. The Morgan fingerprint density at radius 2 is 2.22 bits per heavy atom. The van der Waals surface area contributed by atoms with Crippen LogP contribution in [0.2, 0.25) is 0 Å². The van der Waals surface area contributed by atoms with Gasteiger partial charge in [0.05, 0.1) is 9.83 Å². The maximum Gasteiger partial charge on any atom is 0.0702 e.